The fourth-order valence-corrected chi connectivity index (χ4v) is 3.58. The second-order valence-corrected chi connectivity index (χ2v) is 6.41. The molecule has 1 amide bonds. The van der Waals surface area contributed by atoms with Gasteiger partial charge in [0.05, 0.1) is 0 Å². The zero-order valence-electron chi connectivity index (χ0n) is 12.4. The van der Waals surface area contributed by atoms with Gasteiger partial charge in [-0.15, -0.1) is 0 Å². The van der Waals surface area contributed by atoms with Crippen molar-refractivity contribution in [3.63, 3.8) is 0 Å². The standard InChI is InChI=1S/C17H17ClN2O2/c1-20-7-5-11-13(18)2-3-14-16(11)12(9-20)15(22-14)8-10-4-6-19-17(10)21/h2-3,8H,4-7,9H2,1H3,(H,19,21). The second kappa shape index (κ2) is 5.14. The maximum atomic E-state index is 11.8. The Morgan fingerprint density at radius 2 is 2.18 bits per heavy atom. The molecule has 22 heavy (non-hydrogen) atoms. The van der Waals surface area contributed by atoms with Gasteiger partial charge in [0.2, 0.25) is 5.91 Å². The van der Waals surface area contributed by atoms with Gasteiger partial charge in [-0.3, -0.25) is 4.79 Å². The molecule has 0 atom stereocenters. The molecular weight excluding hydrogens is 300 g/mol. The van der Waals surface area contributed by atoms with Gasteiger partial charge in [-0.25, -0.2) is 0 Å². The fourth-order valence-electron chi connectivity index (χ4n) is 3.32. The van der Waals surface area contributed by atoms with Crippen LogP contribution in [0.1, 0.15) is 23.3 Å². The molecule has 0 unspecified atom stereocenters. The highest BCUT2D eigenvalue weighted by molar-refractivity contribution is 6.32. The van der Waals surface area contributed by atoms with Crippen molar-refractivity contribution in [1.29, 1.82) is 0 Å². The summed E-state index contributed by atoms with van der Waals surface area (Å²) in [7, 11) is 2.10. The number of carbonyl (C=O) groups is 1. The summed E-state index contributed by atoms with van der Waals surface area (Å²) >= 11 is 6.39. The van der Waals surface area contributed by atoms with Gasteiger partial charge in [0.25, 0.3) is 0 Å². The first kappa shape index (κ1) is 13.9. The predicted molar refractivity (Wildman–Crippen MR) is 86.9 cm³/mol. The molecule has 0 saturated carbocycles. The van der Waals surface area contributed by atoms with E-state index < -0.39 is 0 Å². The highest BCUT2D eigenvalue weighted by Crippen LogP contribution is 2.37. The summed E-state index contributed by atoms with van der Waals surface area (Å²) in [6.45, 7) is 2.47. The number of hydrogen-bond acceptors (Lipinski definition) is 3. The van der Waals surface area contributed by atoms with E-state index in [9.17, 15) is 4.79 Å². The summed E-state index contributed by atoms with van der Waals surface area (Å²) < 4.78 is 6.04. The summed E-state index contributed by atoms with van der Waals surface area (Å²) in [5.74, 6) is 0.798. The topological polar surface area (TPSA) is 45.5 Å². The fraction of sp³-hybridized carbons (Fsp3) is 0.353. The van der Waals surface area contributed by atoms with Crippen molar-refractivity contribution < 1.29 is 9.21 Å². The number of likely N-dealkylation sites (N-methyl/N-ethyl adjacent to an activating group) is 1. The molecule has 1 fully saturated rings. The van der Waals surface area contributed by atoms with Gasteiger partial charge < -0.3 is 14.6 Å². The molecule has 0 bridgehead atoms. The van der Waals surface area contributed by atoms with E-state index in [1.807, 2.05) is 18.2 Å². The molecule has 0 aliphatic carbocycles. The van der Waals surface area contributed by atoms with Crippen LogP contribution in [0.25, 0.3) is 17.0 Å². The summed E-state index contributed by atoms with van der Waals surface area (Å²) in [4.78, 5) is 14.1. The molecule has 2 aliphatic rings. The van der Waals surface area contributed by atoms with Crippen molar-refractivity contribution >= 4 is 34.6 Å². The Kier molecular flexibility index (Phi) is 3.24. The summed E-state index contributed by atoms with van der Waals surface area (Å²) in [5, 5.41) is 4.76. The molecule has 0 spiro atoms. The first-order valence-corrected chi connectivity index (χ1v) is 7.91. The van der Waals surface area contributed by atoms with Crippen LogP contribution in [0, 0.1) is 0 Å². The molecule has 2 aliphatic heterocycles. The van der Waals surface area contributed by atoms with Crippen LogP contribution in [0.3, 0.4) is 0 Å². The van der Waals surface area contributed by atoms with Gasteiger partial charge in [-0.1, -0.05) is 11.6 Å². The highest BCUT2D eigenvalue weighted by Gasteiger charge is 2.24. The van der Waals surface area contributed by atoms with Crippen LogP contribution in [0.4, 0.5) is 0 Å². The molecule has 4 nitrogen and oxygen atoms in total. The normalized spacial score (nSPS) is 20.6. The minimum absolute atomic E-state index is 0.00730. The SMILES string of the molecule is CN1CCc2c(Cl)ccc3oc(C=C4CCNC4=O)c(c23)C1. The first-order valence-electron chi connectivity index (χ1n) is 7.53. The van der Waals surface area contributed by atoms with Gasteiger partial charge in [0.15, 0.2) is 0 Å². The molecule has 114 valence electrons. The van der Waals surface area contributed by atoms with Gasteiger partial charge in [-0.2, -0.15) is 0 Å². The first-order chi connectivity index (χ1) is 10.6. The summed E-state index contributed by atoms with van der Waals surface area (Å²) in [6.07, 6.45) is 3.56. The summed E-state index contributed by atoms with van der Waals surface area (Å²) in [6, 6.07) is 3.82. The Morgan fingerprint density at radius 3 is 2.95 bits per heavy atom. The number of furan rings is 1. The molecule has 0 radical (unpaired) electrons. The molecule has 1 aromatic heterocycles. The largest absolute Gasteiger partial charge is 0.456 e. The monoisotopic (exact) mass is 316 g/mol. The molecule has 4 rings (SSSR count). The number of hydrogen-bond donors (Lipinski definition) is 1. The number of nitrogens with zero attached hydrogens (tertiary/aromatic N) is 1. The lowest BCUT2D eigenvalue weighted by molar-refractivity contribution is -0.116. The second-order valence-electron chi connectivity index (χ2n) is 6.01. The highest BCUT2D eigenvalue weighted by atomic mass is 35.5. The van der Waals surface area contributed by atoms with E-state index >= 15 is 0 Å². The molecule has 1 N–H and O–H groups in total. The van der Waals surface area contributed by atoms with Crippen LogP contribution in [-0.2, 0) is 17.8 Å². The molecule has 1 aromatic carbocycles. The number of halogens is 1. The van der Waals surface area contributed by atoms with Crippen molar-refractivity contribution in [1.82, 2.24) is 10.2 Å². The van der Waals surface area contributed by atoms with E-state index in [-0.39, 0.29) is 5.91 Å². The third-order valence-corrected chi connectivity index (χ3v) is 4.84. The lowest BCUT2D eigenvalue weighted by Crippen LogP contribution is -2.18. The van der Waals surface area contributed by atoms with E-state index in [0.717, 1.165) is 64.4 Å². The zero-order valence-corrected chi connectivity index (χ0v) is 13.2. The molecule has 5 heteroatoms. The number of benzene rings is 1. The predicted octanol–water partition coefficient (Wildman–Crippen LogP) is 2.98. The lowest BCUT2D eigenvalue weighted by atomic mass is 10.0. The average molecular weight is 317 g/mol. The van der Waals surface area contributed by atoms with E-state index in [0.29, 0.717) is 6.54 Å². The Bertz CT molecular complexity index is 807. The van der Waals surface area contributed by atoms with Crippen LogP contribution in [-0.4, -0.2) is 30.9 Å². The Labute approximate surface area is 133 Å². The van der Waals surface area contributed by atoms with Crippen LogP contribution >= 0.6 is 11.6 Å². The molecule has 3 heterocycles. The summed E-state index contributed by atoms with van der Waals surface area (Å²) in [5.41, 5.74) is 3.94. The number of amides is 1. The van der Waals surface area contributed by atoms with Crippen LogP contribution in [0.5, 0.6) is 0 Å². The average Bonchev–Trinajstić information content (AvgIpc) is 2.98. The van der Waals surface area contributed by atoms with Gasteiger partial charge in [0.1, 0.15) is 11.3 Å². The minimum atomic E-state index is 0.00730. The van der Waals surface area contributed by atoms with Crippen molar-refractivity contribution in [2.24, 2.45) is 0 Å². The maximum Gasteiger partial charge on any atom is 0.247 e. The Balaban J connectivity index is 1.94. The smallest absolute Gasteiger partial charge is 0.247 e. The van der Waals surface area contributed by atoms with Crippen LogP contribution in [0.2, 0.25) is 5.02 Å². The minimum Gasteiger partial charge on any atom is -0.456 e. The number of carbonyl (C=O) groups excluding carboxylic acids is 1. The third kappa shape index (κ3) is 2.14. The Morgan fingerprint density at radius 1 is 1.32 bits per heavy atom. The number of nitrogens with one attached hydrogen (secondary N) is 1. The third-order valence-electron chi connectivity index (χ3n) is 4.49. The van der Waals surface area contributed by atoms with E-state index in [2.05, 4.69) is 17.3 Å². The van der Waals surface area contributed by atoms with E-state index in [1.54, 1.807) is 0 Å². The lowest BCUT2D eigenvalue weighted by Gasteiger charge is -2.13. The van der Waals surface area contributed by atoms with Gasteiger partial charge in [-0.05, 0) is 43.7 Å². The van der Waals surface area contributed by atoms with E-state index in [1.165, 1.54) is 0 Å². The zero-order chi connectivity index (χ0) is 15.3. The van der Waals surface area contributed by atoms with Crippen LogP contribution < -0.4 is 5.32 Å². The van der Waals surface area contributed by atoms with Crippen molar-refractivity contribution in [3.8, 4) is 0 Å². The quantitative estimate of drug-likeness (QED) is 0.823. The number of rotatable bonds is 1. The molecule has 2 aromatic rings. The van der Waals surface area contributed by atoms with Crippen molar-refractivity contribution in [2.75, 3.05) is 20.1 Å². The molecular formula is C17H17ClN2O2. The van der Waals surface area contributed by atoms with Crippen molar-refractivity contribution in [3.05, 3.63) is 39.6 Å². The van der Waals surface area contributed by atoms with E-state index in [4.69, 9.17) is 16.0 Å². The molecule has 1 saturated heterocycles. The van der Waals surface area contributed by atoms with Gasteiger partial charge >= 0.3 is 0 Å². The van der Waals surface area contributed by atoms with Gasteiger partial charge in [0, 0.05) is 41.2 Å². The Hall–Kier alpha value is -1.78. The maximum absolute atomic E-state index is 11.8. The van der Waals surface area contributed by atoms with Crippen LogP contribution in [0.15, 0.2) is 22.1 Å². The van der Waals surface area contributed by atoms with Crippen molar-refractivity contribution in [2.45, 2.75) is 19.4 Å².